The Labute approximate surface area is 99.9 Å². The summed E-state index contributed by atoms with van der Waals surface area (Å²) in [6.45, 7) is 7.41. The van der Waals surface area contributed by atoms with Crippen molar-refractivity contribution in [3.8, 4) is 5.75 Å². The molecule has 2 N–H and O–H groups in total. The highest BCUT2D eigenvalue weighted by Gasteiger charge is 2.26. The number of ketones is 1. The van der Waals surface area contributed by atoms with Crippen molar-refractivity contribution in [1.82, 2.24) is 0 Å². The third-order valence-corrected chi connectivity index (χ3v) is 2.50. The summed E-state index contributed by atoms with van der Waals surface area (Å²) in [4.78, 5) is 22.1. The second kappa shape index (κ2) is 4.20. The van der Waals surface area contributed by atoms with Gasteiger partial charge in [-0.05, 0) is 24.0 Å². The highest BCUT2D eigenvalue weighted by atomic mass is 16.4. The van der Waals surface area contributed by atoms with Crippen LogP contribution in [0.3, 0.4) is 0 Å². The predicted molar refractivity (Wildman–Crippen MR) is 63.5 cm³/mol. The van der Waals surface area contributed by atoms with Crippen LogP contribution in [0.5, 0.6) is 5.75 Å². The van der Waals surface area contributed by atoms with E-state index in [1.54, 1.807) is 13.0 Å². The first-order valence-electron chi connectivity index (χ1n) is 5.26. The van der Waals surface area contributed by atoms with Gasteiger partial charge in [0.2, 0.25) is 0 Å². The van der Waals surface area contributed by atoms with E-state index in [4.69, 9.17) is 5.11 Å². The molecule has 0 saturated heterocycles. The highest BCUT2D eigenvalue weighted by Crippen LogP contribution is 2.34. The fourth-order valence-corrected chi connectivity index (χ4v) is 1.64. The minimum absolute atomic E-state index is 0.151. The maximum Gasteiger partial charge on any atom is 0.377 e. The van der Waals surface area contributed by atoms with Gasteiger partial charge < -0.3 is 10.2 Å². The number of aryl methyl sites for hydroxylation is 1. The Kier molecular flexibility index (Phi) is 3.27. The van der Waals surface area contributed by atoms with Crippen molar-refractivity contribution in [3.05, 3.63) is 28.8 Å². The molecule has 0 aliphatic rings. The minimum atomic E-state index is -1.56. The third kappa shape index (κ3) is 2.64. The molecule has 4 heteroatoms. The smallest absolute Gasteiger partial charge is 0.377 e. The van der Waals surface area contributed by atoms with E-state index >= 15 is 0 Å². The number of aliphatic carboxylic acids is 1. The zero-order valence-electron chi connectivity index (χ0n) is 10.4. The van der Waals surface area contributed by atoms with Gasteiger partial charge in [0.25, 0.3) is 5.78 Å². The average Bonchev–Trinajstić information content (AvgIpc) is 2.18. The molecule has 0 atom stereocenters. The number of carboxylic acids is 1. The Balaban J connectivity index is 3.50. The number of phenols is 1. The van der Waals surface area contributed by atoms with Crippen molar-refractivity contribution >= 4 is 11.8 Å². The second-order valence-electron chi connectivity index (χ2n) is 5.09. The highest BCUT2D eigenvalue weighted by molar-refractivity contribution is 6.40. The van der Waals surface area contributed by atoms with E-state index in [9.17, 15) is 14.7 Å². The van der Waals surface area contributed by atoms with Crippen molar-refractivity contribution in [2.75, 3.05) is 0 Å². The van der Waals surface area contributed by atoms with Crippen LogP contribution in [-0.4, -0.2) is 22.0 Å². The molecular formula is C13H16O4. The van der Waals surface area contributed by atoms with Gasteiger partial charge >= 0.3 is 5.97 Å². The Bertz CT molecular complexity index is 481. The molecule has 0 saturated carbocycles. The number of benzene rings is 1. The second-order valence-corrected chi connectivity index (χ2v) is 5.09. The standard InChI is InChI=1S/C13H16O4/c1-7-5-8(11(15)12(16)17)10(14)9(6-7)13(2,3)4/h5-6,14H,1-4H3,(H,16,17). The van der Waals surface area contributed by atoms with Crippen molar-refractivity contribution in [3.63, 3.8) is 0 Å². The summed E-state index contributed by atoms with van der Waals surface area (Å²) in [5.41, 5.74) is 0.811. The summed E-state index contributed by atoms with van der Waals surface area (Å²) in [5.74, 6) is -2.89. The molecule has 0 aliphatic heterocycles. The van der Waals surface area contributed by atoms with E-state index < -0.39 is 11.8 Å². The van der Waals surface area contributed by atoms with Gasteiger partial charge in [0.15, 0.2) is 0 Å². The number of aromatic hydroxyl groups is 1. The Hall–Kier alpha value is -1.84. The molecule has 0 radical (unpaired) electrons. The first-order valence-corrected chi connectivity index (χ1v) is 5.26. The number of hydrogen-bond donors (Lipinski definition) is 2. The molecule has 0 unspecified atom stereocenters. The van der Waals surface area contributed by atoms with Crippen LogP contribution in [0, 0.1) is 6.92 Å². The van der Waals surface area contributed by atoms with Crippen molar-refractivity contribution in [1.29, 1.82) is 0 Å². The van der Waals surface area contributed by atoms with Crippen LogP contribution in [0.2, 0.25) is 0 Å². The molecule has 4 nitrogen and oxygen atoms in total. The summed E-state index contributed by atoms with van der Waals surface area (Å²) in [6, 6.07) is 3.15. The average molecular weight is 236 g/mol. The normalized spacial score (nSPS) is 11.3. The van der Waals surface area contributed by atoms with Gasteiger partial charge in [-0.2, -0.15) is 0 Å². The SMILES string of the molecule is Cc1cc(C(=O)C(=O)O)c(O)c(C(C)(C)C)c1. The van der Waals surface area contributed by atoms with Gasteiger partial charge in [-0.3, -0.25) is 4.79 Å². The fourth-order valence-electron chi connectivity index (χ4n) is 1.64. The third-order valence-electron chi connectivity index (χ3n) is 2.50. The lowest BCUT2D eigenvalue weighted by Gasteiger charge is -2.22. The van der Waals surface area contributed by atoms with Gasteiger partial charge in [0.1, 0.15) is 5.75 Å². The molecule has 0 spiro atoms. The number of carbonyl (C=O) groups is 2. The molecule has 0 aromatic heterocycles. The summed E-state index contributed by atoms with van der Waals surface area (Å²) >= 11 is 0. The maximum atomic E-state index is 11.4. The fraction of sp³-hybridized carbons (Fsp3) is 0.385. The van der Waals surface area contributed by atoms with Crippen molar-refractivity contribution in [2.24, 2.45) is 0 Å². The molecule has 1 aromatic carbocycles. The molecule has 0 amide bonds. The molecule has 1 aromatic rings. The van der Waals surface area contributed by atoms with Crippen LogP contribution in [0.15, 0.2) is 12.1 Å². The topological polar surface area (TPSA) is 74.6 Å². The number of Topliss-reactive ketones (excluding diaryl/α,β-unsaturated/α-hetero) is 1. The van der Waals surface area contributed by atoms with Crippen LogP contribution < -0.4 is 0 Å². The minimum Gasteiger partial charge on any atom is -0.507 e. The lowest BCUT2D eigenvalue weighted by Crippen LogP contribution is -2.17. The van der Waals surface area contributed by atoms with Crippen LogP contribution >= 0.6 is 0 Å². The largest absolute Gasteiger partial charge is 0.507 e. The van der Waals surface area contributed by atoms with E-state index in [0.29, 0.717) is 5.56 Å². The van der Waals surface area contributed by atoms with E-state index in [0.717, 1.165) is 5.56 Å². The molecule has 0 bridgehead atoms. The van der Waals surface area contributed by atoms with Gasteiger partial charge in [0, 0.05) is 5.56 Å². The molecule has 92 valence electrons. The molecule has 17 heavy (non-hydrogen) atoms. The number of rotatable bonds is 2. The van der Waals surface area contributed by atoms with Crippen LogP contribution in [0.1, 0.15) is 42.3 Å². The van der Waals surface area contributed by atoms with Gasteiger partial charge in [-0.15, -0.1) is 0 Å². The van der Waals surface area contributed by atoms with Crippen LogP contribution in [-0.2, 0) is 10.2 Å². The van der Waals surface area contributed by atoms with E-state index in [1.807, 2.05) is 20.8 Å². The quantitative estimate of drug-likeness (QED) is 0.610. The zero-order chi connectivity index (χ0) is 13.4. The first kappa shape index (κ1) is 13.2. The molecule has 0 fully saturated rings. The molecule has 1 rings (SSSR count). The Morgan fingerprint density at radius 2 is 1.71 bits per heavy atom. The van der Waals surface area contributed by atoms with Gasteiger partial charge in [0.05, 0.1) is 5.56 Å². The van der Waals surface area contributed by atoms with Crippen molar-refractivity contribution < 1.29 is 19.8 Å². The van der Waals surface area contributed by atoms with Gasteiger partial charge in [-0.1, -0.05) is 26.8 Å². The number of phenolic OH excluding ortho intramolecular Hbond substituents is 1. The molecule has 0 aliphatic carbocycles. The number of hydrogen-bond acceptors (Lipinski definition) is 3. The van der Waals surface area contributed by atoms with Crippen molar-refractivity contribution in [2.45, 2.75) is 33.1 Å². The predicted octanol–water partition coefficient (Wildman–Crippen LogP) is 2.27. The summed E-state index contributed by atoms with van der Waals surface area (Å²) < 4.78 is 0. The maximum absolute atomic E-state index is 11.4. The zero-order valence-corrected chi connectivity index (χ0v) is 10.4. The van der Waals surface area contributed by atoms with E-state index in [2.05, 4.69) is 0 Å². The van der Waals surface area contributed by atoms with Gasteiger partial charge in [-0.25, -0.2) is 4.79 Å². The Morgan fingerprint density at radius 1 is 1.18 bits per heavy atom. The summed E-state index contributed by atoms with van der Waals surface area (Å²) in [5, 5.41) is 18.7. The molecule has 0 heterocycles. The monoisotopic (exact) mass is 236 g/mol. The number of carbonyl (C=O) groups excluding carboxylic acids is 1. The summed E-state index contributed by atoms with van der Waals surface area (Å²) in [6.07, 6.45) is 0. The van der Waals surface area contributed by atoms with E-state index in [-0.39, 0.29) is 16.7 Å². The Morgan fingerprint density at radius 3 is 2.12 bits per heavy atom. The first-order chi connectivity index (χ1) is 7.64. The molecular weight excluding hydrogens is 220 g/mol. The summed E-state index contributed by atoms with van der Waals surface area (Å²) in [7, 11) is 0. The number of carboxylic acid groups (broad SMARTS) is 1. The lowest BCUT2D eigenvalue weighted by molar-refractivity contribution is -0.131. The van der Waals surface area contributed by atoms with Crippen LogP contribution in [0.4, 0.5) is 0 Å². The van der Waals surface area contributed by atoms with E-state index in [1.165, 1.54) is 6.07 Å². The lowest BCUT2D eigenvalue weighted by atomic mass is 9.83. The van der Waals surface area contributed by atoms with Crippen LogP contribution in [0.25, 0.3) is 0 Å².